The second-order valence-electron chi connectivity index (χ2n) is 6.99. The summed E-state index contributed by atoms with van der Waals surface area (Å²) in [6.45, 7) is 2.80. The average Bonchev–Trinajstić information content (AvgIpc) is 3.25. The molecule has 0 bridgehead atoms. The van der Waals surface area contributed by atoms with Gasteiger partial charge in [-0.15, -0.1) is 11.3 Å². The van der Waals surface area contributed by atoms with E-state index >= 15 is 0 Å². The van der Waals surface area contributed by atoms with Gasteiger partial charge in [0.15, 0.2) is 0 Å². The Morgan fingerprint density at radius 1 is 1.17 bits per heavy atom. The Kier molecular flexibility index (Phi) is 5.69. The number of fused-ring (bicyclic) bond motifs is 1. The van der Waals surface area contributed by atoms with E-state index in [1.807, 2.05) is 40.6 Å². The van der Waals surface area contributed by atoms with Gasteiger partial charge in [-0.1, -0.05) is 30.3 Å². The second-order valence-corrected chi connectivity index (χ2v) is 7.89. The number of aromatic nitrogens is 2. The molecule has 3 aromatic rings. The molecule has 29 heavy (non-hydrogen) atoms. The van der Waals surface area contributed by atoms with Crippen LogP contribution in [0.4, 0.5) is 0 Å². The molecule has 1 aromatic carbocycles. The topological polar surface area (TPSA) is 82.2 Å². The van der Waals surface area contributed by atoms with E-state index in [1.54, 1.807) is 6.07 Å². The molecule has 8 heteroatoms. The number of benzene rings is 1. The molecule has 2 aromatic heterocycles. The summed E-state index contributed by atoms with van der Waals surface area (Å²) < 4.78 is 1.50. The minimum atomic E-state index is -0.296. The Balaban J connectivity index is 1.33. The number of nitrogens with zero attached hydrogens (tertiary/aromatic N) is 5. The monoisotopic (exact) mass is 407 g/mol. The number of thiophene rings is 1. The van der Waals surface area contributed by atoms with Crippen LogP contribution in [0.5, 0.6) is 0 Å². The molecule has 4 rings (SSSR count). The lowest BCUT2D eigenvalue weighted by Gasteiger charge is -2.37. The molecule has 1 aliphatic heterocycles. The van der Waals surface area contributed by atoms with Crippen molar-refractivity contribution >= 4 is 27.5 Å². The first kappa shape index (κ1) is 19.3. The maximum Gasteiger partial charge on any atom is 0.262 e. The minimum absolute atomic E-state index is 0.0233. The van der Waals surface area contributed by atoms with Gasteiger partial charge in [-0.3, -0.25) is 19.1 Å². The SMILES string of the molecule is N#CC(c1ccccc1)N1CCN(C(=O)CCn2cnc3sccc3c2=O)CC1. The normalized spacial score (nSPS) is 15.9. The zero-order valence-corrected chi connectivity index (χ0v) is 16.7. The average molecular weight is 407 g/mol. The number of aryl methyl sites for hydroxylation is 1. The third-order valence-corrected chi connectivity index (χ3v) is 6.11. The summed E-state index contributed by atoms with van der Waals surface area (Å²) in [7, 11) is 0. The van der Waals surface area contributed by atoms with Crippen molar-refractivity contribution in [2.24, 2.45) is 0 Å². The Hall–Kier alpha value is -3.02. The molecular weight excluding hydrogens is 386 g/mol. The van der Waals surface area contributed by atoms with E-state index in [2.05, 4.69) is 16.0 Å². The summed E-state index contributed by atoms with van der Waals surface area (Å²) in [6, 6.07) is 13.6. The molecular formula is C21H21N5O2S. The van der Waals surface area contributed by atoms with Gasteiger partial charge in [0.1, 0.15) is 10.9 Å². The second kappa shape index (κ2) is 8.55. The highest BCUT2D eigenvalue weighted by molar-refractivity contribution is 7.16. The summed E-state index contributed by atoms with van der Waals surface area (Å²) >= 11 is 1.43. The van der Waals surface area contributed by atoms with Gasteiger partial charge >= 0.3 is 0 Å². The molecule has 1 unspecified atom stereocenters. The lowest BCUT2D eigenvalue weighted by molar-refractivity contribution is -0.133. The number of hydrogen-bond donors (Lipinski definition) is 0. The maximum atomic E-state index is 12.6. The molecule has 148 valence electrons. The van der Waals surface area contributed by atoms with Crippen molar-refractivity contribution in [2.75, 3.05) is 26.2 Å². The zero-order chi connectivity index (χ0) is 20.2. The van der Waals surface area contributed by atoms with Gasteiger partial charge in [-0.2, -0.15) is 5.26 Å². The van der Waals surface area contributed by atoms with E-state index in [-0.39, 0.29) is 23.9 Å². The highest BCUT2D eigenvalue weighted by Crippen LogP contribution is 2.21. The van der Waals surface area contributed by atoms with Crippen molar-refractivity contribution in [1.82, 2.24) is 19.4 Å². The van der Waals surface area contributed by atoms with E-state index in [1.165, 1.54) is 22.2 Å². The van der Waals surface area contributed by atoms with Gasteiger partial charge in [-0.25, -0.2) is 4.98 Å². The lowest BCUT2D eigenvalue weighted by Crippen LogP contribution is -2.49. The summed E-state index contributed by atoms with van der Waals surface area (Å²) in [4.78, 5) is 34.0. The van der Waals surface area contributed by atoms with Crippen LogP contribution in [0.25, 0.3) is 10.2 Å². The van der Waals surface area contributed by atoms with Crippen LogP contribution >= 0.6 is 11.3 Å². The van der Waals surface area contributed by atoms with Gasteiger partial charge in [-0.05, 0) is 17.0 Å². The number of amides is 1. The van der Waals surface area contributed by atoms with E-state index < -0.39 is 0 Å². The standard InChI is InChI=1S/C21H21N5O2S/c22-14-18(16-4-2-1-3-5-16)24-9-11-25(12-10-24)19(27)6-8-26-15-23-20-17(21(26)28)7-13-29-20/h1-5,7,13,15,18H,6,8-12H2. The molecule has 7 nitrogen and oxygen atoms in total. The number of hydrogen-bond acceptors (Lipinski definition) is 6. The van der Waals surface area contributed by atoms with E-state index in [0.29, 0.717) is 38.1 Å². The first-order valence-electron chi connectivity index (χ1n) is 9.56. The number of carbonyl (C=O) groups excluding carboxylic acids is 1. The summed E-state index contributed by atoms with van der Waals surface area (Å²) in [5.74, 6) is 0.0233. The zero-order valence-electron chi connectivity index (χ0n) is 15.9. The van der Waals surface area contributed by atoms with Crippen LogP contribution in [-0.4, -0.2) is 51.4 Å². The van der Waals surface area contributed by atoms with Crippen LogP contribution in [0.3, 0.4) is 0 Å². The van der Waals surface area contributed by atoms with Gasteiger partial charge in [0, 0.05) is 39.1 Å². The first-order chi connectivity index (χ1) is 14.2. The molecule has 3 heterocycles. The van der Waals surface area contributed by atoms with Crippen LogP contribution in [0.1, 0.15) is 18.0 Å². The van der Waals surface area contributed by atoms with Gasteiger partial charge in [0.05, 0.1) is 17.8 Å². The maximum absolute atomic E-state index is 12.6. The largest absolute Gasteiger partial charge is 0.340 e. The van der Waals surface area contributed by atoms with Crippen LogP contribution in [0.15, 0.2) is 52.9 Å². The number of carbonyl (C=O) groups is 1. The van der Waals surface area contributed by atoms with Crippen molar-refractivity contribution in [3.05, 3.63) is 64.0 Å². The van der Waals surface area contributed by atoms with Gasteiger partial charge in [0.2, 0.25) is 5.91 Å². The highest BCUT2D eigenvalue weighted by atomic mass is 32.1. The Morgan fingerprint density at radius 3 is 2.66 bits per heavy atom. The molecule has 0 saturated carbocycles. The van der Waals surface area contributed by atoms with E-state index in [4.69, 9.17) is 0 Å². The molecule has 1 atom stereocenters. The molecule has 1 fully saturated rings. The molecule has 1 aliphatic rings. The van der Waals surface area contributed by atoms with Crippen LogP contribution in [0.2, 0.25) is 0 Å². The molecule has 0 aliphatic carbocycles. The van der Waals surface area contributed by atoms with Crippen LogP contribution < -0.4 is 5.56 Å². The van der Waals surface area contributed by atoms with Crippen molar-refractivity contribution in [1.29, 1.82) is 5.26 Å². The lowest BCUT2D eigenvalue weighted by atomic mass is 10.1. The summed E-state index contributed by atoms with van der Waals surface area (Å²) in [6.07, 6.45) is 1.78. The third kappa shape index (κ3) is 4.06. The quantitative estimate of drug-likeness (QED) is 0.648. The van der Waals surface area contributed by atoms with Crippen molar-refractivity contribution in [3.8, 4) is 6.07 Å². The third-order valence-electron chi connectivity index (χ3n) is 5.29. The molecule has 1 amide bonds. The van der Waals surface area contributed by atoms with E-state index in [0.717, 1.165) is 10.4 Å². The Bertz CT molecular complexity index is 1090. The Labute approximate surface area is 172 Å². The van der Waals surface area contributed by atoms with Crippen molar-refractivity contribution in [3.63, 3.8) is 0 Å². The van der Waals surface area contributed by atoms with Crippen molar-refractivity contribution in [2.45, 2.75) is 19.0 Å². The van der Waals surface area contributed by atoms with Gasteiger partial charge < -0.3 is 4.90 Å². The fraction of sp³-hybridized carbons (Fsp3) is 0.333. The predicted octanol–water partition coefficient (Wildman–Crippen LogP) is 2.26. The summed E-state index contributed by atoms with van der Waals surface area (Å²) in [5.41, 5.74) is 0.874. The number of nitriles is 1. The molecule has 0 radical (unpaired) electrons. The fourth-order valence-electron chi connectivity index (χ4n) is 3.66. The number of piperazine rings is 1. The first-order valence-corrected chi connectivity index (χ1v) is 10.4. The van der Waals surface area contributed by atoms with Gasteiger partial charge in [0.25, 0.3) is 5.56 Å². The van der Waals surface area contributed by atoms with Crippen LogP contribution in [-0.2, 0) is 11.3 Å². The van der Waals surface area contributed by atoms with E-state index in [9.17, 15) is 14.9 Å². The Morgan fingerprint density at radius 2 is 1.93 bits per heavy atom. The van der Waals surface area contributed by atoms with Crippen molar-refractivity contribution < 1.29 is 4.79 Å². The number of rotatable bonds is 5. The highest BCUT2D eigenvalue weighted by Gasteiger charge is 2.26. The molecule has 0 spiro atoms. The van der Waals surface area contributed by atoms with Crippen LogP contribution in [0, 0.1) is 11.3 Å². The minimum Gasteiger partial charge on any atom is -0.340 e. The summed E-state index contributed by atoms with van der Waals surface area (Å²) in [5, 5.41) is 12.0. The predicted molar refractivity (Wildman–Crippen MR) is 111 cm³/mol. The molecule has 1 saturated heterocycles. The smallest absolute Gasteiger partial charge is 0.262 e. The molecule has 0 N–H and O–H groups in total. The fourth-order valence-corrected chi connectivity index (χ4v) is 4.38.